The van der Waals surface area contributed by atoms with Gasteiger partial charge in [-0.3, -0.25) is 19.2 Å². The van der Waals surface area contributed by atoms with Gasteiger partial charge in [-0.05, 0) is 72.2 Å². The molecule has 9 nitrogen and oxygen atoms in total. The van der Waals surface area contributed by atoms with Crippen LogP contribution in [0.3, 0.4) is 0 Å². The molecule has 48 heavy (non-hydrogen) atoms. The van der Waals surface area contributed by atoms with Crippen LogP contribution in [0.15, 0.2) is 94.7 Å². The zero-order chi connectivity index (χ0) is 33.6. The summed E-state index contributed by atoms with van der Waals surface area (Å²) in [7, 11) is 0. The van der Waals surface area contributed by atoms with Crippen molar-refractivity contribution in [3.05, 3.63) is 123 Å². The van der Waals surface area contributed by atoms with Crippen LogP contribution in [0.4, 0.5) is 0 Å². The first-order chi connectivity index (χ1) is 23.3. The number of likely N-dealkylation sites (tertiary alicyclic amines) is 2. The minimum atomic E-state index is -0.903. The molecule has 3 amide bonds. The minimum Gasteiger partial charge on any atom is -0.490 e. The van der Waals surface area contributed by atoms with Crippen LogP contribution in [-0.2, 0) is 22.6 Å². The molecule has 1 N–H and O–H groups in total. The Morgan fingerprint density at radius 2 is 1.79 bits per heavy atom. The zero-order valence-corrected chi connectivity index (χ0v) is 27.4. The van der Waals surface area contributed by atoms with Gasteiger partial charge in [0, 0.05) is 50.1 Å². The monoisotopic (exact) mass is 667 g/mol. The number of piperidine rings is 1. The lowest BCUT2D eigenvalue weighted by Crippen LogP contribution is -2.51. The third-order valence-corrected chi connectivity index (χ3v) is 9.33. The summed E-state index contributed by atoms with van der Waals surface area (Å²) in [6.07, 6.45) is 4.86. The molecule has 2 aliphatic heterocycles. The lowest BCUT2D eigenvalue weighted by atomic mass is 9.86. The number of nitrogens with zero attached hydrogens (tertiary/aromatic N) is 2. The first-order valence-electron chi connectivity index (χ1n) is 16.3. The molecule has 0 radical (unpaired) electrons. The molecule has 2 fully saturated rings. The molecule has 1 aromatic heterocycles. The van der Waals surface area contributed by atoms with E-state index in [1.807, 2.05) is 29.2 Å². The van der Waals surface area contributed by atoms with Crippen molar-refractivity contribution in [1.29, 1.82) is 0 Å². The Bertz CT molecular complexity index is 1880. The van der Waals surface area contributed by atoms with Crippen molar-refractivity contribution in [1.82, 2.24) is 15.1 Å². The molecule has 0 spiro atoms. The number of rotatable bonds is 11. The molecule has 0 bridgehead atoms. The van der Waals surface area contributed by atoms with Crippen LogP contribution in [-0.4, -0.2) is 59.8 Å². The summed E-state index contributed by atoms with van der Waals surface area (Å²) in [5, 5.41) is 3.70. The Kier molecular flexibility index (Phi) is 10.3. The number of halogens is 1. The highest BCUT2D eigenvalue weighted by Crippen LogP contribution is 2.32. The van der Waals surface area contributed by atoms with Crippen LogP contribution in [0, 0.1) is 0 Å². The predicted molar refractivity (Wildman–Crippen MR) is 184 cm³/mol. The highest BCUT2D eigenvalue weighted by Gasteiger charge is 2.32. The Morgan fingerprint density at radius 3 is 2.52 bits per heavy atom. The van der Waals surface area contributed by atoms with Crippen molar-refractivity contribution in [3.63, 3.8) is 0 Å². The van der Waals surface area contributed by atoms with Crippen LogP contribution in [0.5, 0.6) is 5.75 Å². The number of nitrogens with one attached hydrogen (secondary N) is 1. The molecule has 1 atom stereocenters. The lowest BCUT2D eigenvalue weighted by molar-refractivity contribution is -0.134. The van der Waals surface area contributed by atoms with E-state index in [9.17, 15) is 19.2 Å². The van der Waals surface area contributed by atoms with Crippen molar-refractivity contribution in [2.24, 2.45) is 0 Å². The van der Waals surface area contributed by atoms with E-state index in [2.05, 4.69) is 24.0 Å². The van der Waals surface area contributed by atoms with Gasteiger partial charge < -0.3 is 24.3 Å². The highest BCUT2D eigenvalue weighted by atomic mass is 35.5. The van der Waals surface area contributed by atoms with Gasteiger partial charge in [-0.2, -0.15) is 0 Å². The molecule has 0 unspecified atom stereocenters. The van der Waals surface area contributed by atoms with E-state index in [-0.39, 0.29) is 47.5 Å². The molecule has 2 aliphatic rings. The van der Waals surface area contributed by atoms with Crippen LogP contribution in [0.1, 0.15) is 58.8 Å². The highest BCUT2D eigenvalue weighted by molar-refractivity contribution is 6.30. The van der Waals surface area contributed by atoms with Gasteiger partial charge >= 0.3 is 0 Å². The SMILES string of the molecule is C=CCOc1ccc2oc(C(=O)N[C@H](Cc3ccc(Cl)cc3)C(=O)N3CCC(c4ccccc4CN4CCCC4=O)CC3)cc(=O)c2c1. The minimum absolute atomic E-state index is 0.187. The number of ether oxygens (including phenoxy) is 1. The van der Waals surface area contributed by atoms with Gasteiger partial charge in [0.25, 0.3) is 5.91 Å². The summed E-state index contributed by atoms with van der Waals surface area (Å²) >= 11 is 6.11. The number of amides is 3. The van der Waals surface area contributed by atoms with Gasteiger partial charge in [-0.25, -0.2) is 0 Å². The summed E-state index contributed by atoms with van der Waals surface area (Å²) in [6.45, 7) is 6.35. The fourth-order valence-electron chi connectivity index (χ4n) is 6.56. The Hall–Kier alpha value is -4.89. The second-order valence-electron chi connectivity index (χ2n) is 12.3. The second kappa shape index (κ2) is 14.9. The van der Waals surface area contributed by atoms with E-state index in [4.69, 9.17) is 20.8 Å². The number of hydrogen-bond donors (Lipinski definition) is 1. The topological polar surface area (TPSA) is 109 Å². The third kappa shape index (κ3) is 7.63. The third-order valence-electron chi connectivity index (χ3n) is 9.08. The maximum absolute atomic E-state index is 14.0. The van der Waals surface area contributed by atoms with Gasteiger partial charge in [-0.1, -0.05) is 60.7 Å². The molecule has 6 rings (SSSR count). The Balaban J connectivity index is 1.17. The van der Waals surface area contributed by atoms with Gasteiger partial charge in [0.05, 0.1) is 5.39 Å². The van der Waals surface area contributed by atoms with Gasteiger partial charge in [0.1, 0.15) is 24.0 Å². The van der Waals surface area contributed by atoms with E-state index in [1.165, 1.54) is 5.56 Å². The molecule has 248 valence electrons. The molecule has 0 saturated carbocycles. The van der Waals surface area contributed by atoms with E-state index in [0.29, 0.717) is 36.8 Å². The van der Waals surface area contributed by atoms with Crippen molar-refractivity contribution in [3.8, 4) is 5.75 Å². The standard InChI is InChI=1S/C38H38ClN3O6/c1-2-20-47-29-13-14-34-31(22-29)33(43)23-35(48-34)37(45)40-32(21-25-9-11-28(39)12-10-25)38(46)41-18-15-26(16-19-41)30-7-4-3-6-27(30)24-42-17-5-8-36(42)44/h2-4,6-7,9-14,22-23,26,32H,1,5,8,15-21,24H2,(H,40,45)/t32-/m1/s1. The maximum atomic E-state index is 14.0. The molecular formula is C38H38ClN3O6. The Labute approximate surface area is 284 Å². The second-order valence-corrected chi connectivity index (χ2v) is 12.7. The smallest absolute Gasteiger partial charge is 0.287 e. The van der Waals surface area contributed by atoms with Crippen LogP contribution >= 0.6 is 11.6 Å². The van der Waals surface area contributed by atoms with Crippen LogP contribution in [0.2, 0.25) is 5.02 Å². The number of benzene rings is 3. The van der Waals surface area contributed by atoms with Crippen LogP contribution in [0.25, 0.3) is 11.0 Å². The molecule has 4 aromatic rings. The summed E-state index contributed by atoms with van der Waals surface area (Å²) in [5.74, 6) is -0.123. The van der Waals surface area contributed by atoms with E-state index in [0.717, 1.165) is 43.0 Å². The summed E-state index contributed by atoms with van der Waals surface area (Å²) < 4.78 is 11.4. The lowest BCUT2D eigenvalue weighted by Gasteiger charge is -2.35. The summed E-state index contributed by atoms with van der Waals surface area (Å²) in [6, 6.07) is 20.4. The van der Waals surface area contributed by atoms with Crippen LogP contribution < -0.4 is 15.5 Å². The molecular weight excluding hydrogens is 630 g/mol. The molecule has 3 aromatic carbocycles. The largest absolute Gasteiger partial charge is 0.490 e. The number of fused-ring (bicyclic) bond motifs is 1. The number of carbonyl (C=O) groups is 3. The fourth-order valence-corrected chi connectivity index (χ4v) is 6.69. The summed E-state index contributed by atoms with van der Waals surface area (Å²) in [5.41, 5.74) is 3.03. The normalized spacial score (nSPS) is 15.8. The quantitative estimate of drug-likeness (QED) is 0.200. The predicted octanol–water partition coefficient (Wildman–Crippen LogP) is 5.88. The molecule has 10 heteroatoms. The first kappa shape index (κ1) is 33.0. The first-order valence-corrected chi connectivity index (χ1v) is 16.7. The van der Waals surface area contributed by atoms with Crippen molar-refractivity contribution >= 4 is 40.3 Å². The maximum Gasteiger partial charge on any atom is 0.287 e. The van der Waals surface area contributed by atoms with Gasteiger partial charge in [0.15, 0.2) is 11.2 Å². The Morgan fingerprint density at radius 1 is 1.02 bits per heavy atom. The van der Waals surface area contributed by atoms with Crippen molar-refractivity contribution < 1.29 is 23.5 Å². The van der Waals surface area contributed by atoms with Gasteiger partial charge in [0.2, 0.25) is 11.8 Å². The fraction of sp³-hybridized carbons (Fsp3) is 0.316. The van der Waals surface area contributed by atoms with Gasteiger partial charge in [-0.15, -0.1) is 0 Å². The van der Waals surface area contributed by atoms with Crippen molar-refractivity contribution in [2.45, 2.75) is 50.6 Å². The van der Waals surface area contributed by atoms with E-state index in [1.54, 1.807) is 41.3 Å². The molecule has 3 heterocycles. The molecule has 2 saturated heterocycles. The van der Waals surface area contributed by atoms with E-state index < -0.39 is 17.4 Å². The summed E-state index contributed by atoms with van der Waals surface area (Å²) in [4.78, 5) is 56.6. The van der Waals surface area contributed by atoms with E-state index >= 15 is 0 Å². The number of carbonyl (C=O) groups excluding carboxylic acids is 3. The average Bonchev–Trinajstić information content (AvgIpc) is 3.51. The molecule has 0 aliphatic carbocycles. The number of hydrogen-bond acceptors (Lipinski definition) is 6. The zero-order valence-electron chi connectivity index (χ0n) is 26.7. The average molecular weight is 668 g/mol. The van der Waals surface area contributed by atoms with Crippen molar-refractivity contribution in [2.75, 3.05) is 26.2 Å².